The van der Waals surface area contributed by atoms with Crippen LogP contribution in [0.25, 0.3) is 0 Å². The Hall–Kier alpha value is -0.910. The van der Waals surface area contributed by atoms with Crippen LogP contribution in [0, 0.1) is 0 Å². The lowest BCUT2D eigenvalue weighted by Gasteiger charge is -2.45. The summed E-state index contributed by atoms with van der Waals surface area (Å²) >= 11 is 8.00. The first-order valence-corrected chi connectivity index (χ1v) is 9.61. The summed E-state index contributed by atoms with van der Waals surface area (Å²) in [6, 6.07) is 7.72. The first kappa shape index (κ1) is 18.4. The van der Waals surface area contributed by atoms with Gasteiger partial charge in [-0.05, 0) is 37.1 Å². The first-order chi connectivity index (χ1) is 11.1. The second-order valence-electron chi connectivity index (χ2n) is 5.73. The zero-order valence-electron chi connectivity index (χ0n) is 13.8. The maximum atomic E-state index is 10.7. The van der Waals surface area contributed by atoms with Crippen LogP contribution in [0.3, 0.4) is 0 Å². The van der Waals surface area contributed by atoms with E-state index >= 15 is 0 Å². The van der Waals surface area contributed by atoms with Gasteiger partial charge < -0.3 is 15.7 Å². The van der Waals surface area contributed by atoms with Crippen molar-refractivity contribution >= 4 is 29.3 Å². The third-order valence-corrected chi connectivity index (χ3v) is 5.86. The van der Waals surface area contributed by atoms with Crippen molar-refractivity contribution in [3.8, 4) is 0 Å². The lowest BCUT2D eigenvalue weighted by atomic mass is 9.79. The largest absolute Gasteiger partial charge is 0.387 e. The Morgan fingerprint density at radius 2 is 2.17 bits per heavy atom. The molecule has 0 bridgehead atoms. The minimum absolute atomic E-state index is 0.325. The van der Waals surface area contributed by atoms with Crippen LogP contribution in [0.4, 0.5) is 0 Å². The monoisotopic (exact) mass is 355 g/mol. The van der Waals surface area contributed by atoms with E-state index < -0.39 is 5.60 Å². The van der Waals surface area contributed by atoms with Gasteiger partial charge in [-0.25, -0.2) is 4.99 Å². The molecule has 0 aliphatic heterocycles. The summed E-state index contributed by atoms with van der Waals surface area (Å²) in [4.78, 5) is 4.57. The fourth-order valence-electron chi connectivity index (χ4n) is 2.61. The molecule has 0 heterocycles. The molecule has 2 atom stereocenters. The summed E-state index contributed by atoms with van der Waals surface area (Å²) in [6.45, 7) is 5.98. The van der Waals surface area contributed by atoms with Gasteiger partial charge in [0.05, 0.1) is 12.1 Å². The van der Waals surface area contributed by atoms with E-state index in [2.05, 4.69) is 22.5 Å². The second-order valence-corrected chi connectivity index (χ2v) is 7.61. The number of thioether (sulfide) groups is 1. The van der Waals surface area contributed by atoms with Crippen LogP contribution in [0.2, 0.25) is 5.02 Å². The second kappa shape index (κ2) is 8.81. The van der Waals surface area contributed by atoms with Crippen molar-refractivity contribution in [1.29, 1.82) is 0 Å². The molecule has 1 saturated carbocycles. The van der Waals surface area contributed by atoms with Crippen molar-refractivity contribution < 1.29 is 5.11 Å². The molecule has 128 valence electrons. The number of hydrogen-bond acceptors (Lipinski definition) is 3. The highest BCUT2D eigenvalue weighted by molar-refractivity contribution is 8.00. The number of benzene rings is 1. The number of nitrogens with one attached hydrogen (secondary N) is 2. The molecule has 3 N–H and O–H groups in total. The average molecular weight is 356 g/mol. The summed E-state index contributed by atoms with van der Waals surface area (Å²) < 4.78 is 0. The smallest absolute Gasteiger partial charge is 0.191 e. The fraction of sp³-hybridized carbons (Fsp3) is 0.588. The van der Waals surface area contributed by atoms with Gasteiger partial charge >= 0.3 is 0 Å². The fourth-order valence-corrected chi connectivity index (χ4v) is 4.00. The molecular weight excluding hydrogens is 330 g/mol. The number of hydrogen-bond donors (Lipinski definition) is 3. The van der Waals surface area contributed by atoms with Crippen LogP contribution in [0.15, 0.2) is 29.3 Å². The Bertz CT molecular complexity index is 540. The van der Waals surface area contributed by atoms with E-state index in [4.69, 9.17) is 11.6 Å². The zero-order valence-corrected chi connectivity index (χ0v) is 15.4. The molecule has 0 spiro atoms. The van der Waals surface area contributed by atoms with Gasteiger partial charge in [-0.3, -0.25) is 0 Å². The molecule has 0 aromatic heterocycles. The Morgan fingerprint density at radius 1 is 1.39 bits per heavy atom. The van der Waals surface area contributed by atoms with E-state index in [9.17, 15) is 5.11 Å². The normalized spacial score (nSPS) is 24.2. The van der Waals surface area contributed by atoms with Gasteiger partial charge in [0.1, 0.15) is 0 Å². The molecule has 0 radical (unpaired) electrons. The van der Waals surface area contributed by atoms with Crippen molar-refractivity contribution in [1.82, 2.24) is 10.6 Å². The summed E-state index contributed by atoms with van der Waals surface area (Å²) in [6.07, 6.45) is 1.94. The van der Waals surface area contributed by atoms with E-state index in [0.29, 0.717) is 24.3 Å². The summed E-state index contributed by atoms with van der Waals surface area (Å²) in [5.41, 5.74) is 0.370. The summed E-state index contributed by atoms with van der Waals surface area (Å²) in [7, 11) is 0. The number of aliphatic imine (C=N–C) groups is 1. The number of guanidine groups is 1. The Balaban J connectivity index is 1.93. The first-order valence-electron chi connectivity index (χ1n) is 8.18. The highest BCUT2D eigenvalue weighted by atomic mass is 35.5. The van der Waals surface area contributed by atoms with E-state index in [0.717, 1.165) is 35.7 Å². The number of halogens is 1. The lowest BCUT2D eigenvalue weighted by Crippen LogP contribution is -2.58. The van der Waals surface area contributed by atoms with E-state index in [1.807, 2.05) is 43.0 Å². The molecule has 1 aliphatic carbocycles. The summed E-state index contributed by atoms with van der Waals surface area (Å²) in [5.74, 6) is 1.75. The highest BCUT2D eigenvalue weighted by Gasteiger charge is 2.45. The van der Waals surface area contributed by atoms with Crippen LogP contribution in [-0.4, -0.2) is 40.8 Å². The van der Waals surface area contributed by atoms with Gasteiger partial charge in [0.2, 0.25) is 0 Å². The molecule has 1 aromatic carbocycles. The van der Waals surface area contributed by atoms with Crippen molar-refractivity contribution in [2.45, 2.75) is 44.1 Å². The van der Waals surface area contributed by atoms with Crippen LogP contribution in [-0.2, 0) is 6.54 Å². The van der Waals surface area contributed by atoms with Gasteiger partial charge in [-0.15, -0.1) is 0 Å². The van der Waals surface area contributed by atoms with Gasteiger partial charge in [0.15, 0.2) is 5.96 Å². The molecule has 4 nitrogen and oxygen atoms in total. The van der Waals surface area contributed by atoms with Crippen molar-refractivity contribution in [3.05, 3.63) is 34.9 Å². The van der Waals surface area contributed by atoms with Gasteiger partial charge in [-0.1, -0.05) is 36.7 Å². The van der Waals surface area contributed by atoms with Crippen molar-refractivity contribution in [3.63, 3.8) is 0 Å². The molecule has 1 fully saturated rings. The molecule has 23 heavy (non-hydrogen) atoms. The molecule has 2 rings (SSSR count). The van der Waals surface area contributed by atoms with E-state index in [1.54, 1.807) is 0 Å². The number of rotatable bonds is 7. The molecular formula is C17H26ClN3OS. The summed E-state index contributed by atoms with van der Waals surface area (Å²) in [5, 5.41) is 18.2. The minimum atomic E-state index is -0.624. The molecule has 0 saturated heterocycles. The SMILES string of the molecule is CCNC(=NCc1ccccc1Cl)NCC1(O)CCC1SCC. The maximum Gasteiger partial charge on any atom is 0.191 e. The molecule has 1 aromatic rings. The Labute approximate surface area is 148 Å². The third-order valence-electron chi connectivity index (χ3n) is 4.08. The Kier molecular flexibility index (Phi) is 7.06. The van der Waals surface area contributed by atoms with Crippen LogP contribution < -0.4 is 10.6 Å². The standard InChI is InChI=1S/C17H26ClN3OS/c1-3-19-16(20-11-13-7-5-6-8-14(13)18)21-12-17(22)10-9-15(17)23-4-2/h5-8,15,22H,3-4,9-12H2,1-2H3,(H2,19,20,21). The molecule has 0 amide bonds. The number of nitrogens with zero attached hydrogens (tertiary/aromatic N) is 1. The lowest BCUT2D eigenvalue weighted by molar-refractivity contribution is -0.0198. The average Bonchev–Trinajstić information content (AvgIpc) is 2.55. The quantitative estimate of drug-likeness (QED) is 0.519. The van der Waals surface area contributed by atoms with Crippen molar-refractivity contribution in [2.24, 2.45) is 4.99 Å². The zero-order chi connectivity index (χ0) is 16.7. The van der Waals surface area contributed by atoms with Crippen LogP contribution in [0.1, 0.15) is 32.3 Å². The van der Waals surface area contributed by atoms with Gasteiger partial charge in [0.25, 0.3) is 0 Å². The predicted octanol–water partition coefficient (Wildman–Crippen LogP) is 3.04. The molecule has 2 unspecified atom stereocenters. The Morgan fingerprint density at radius 3 is 2.78 bits per heavy atom. The minimum Gasteiger partial charge on any atom is -0.387 e. The van der Waals surface area contributed by atoms with E-state index in [1.165, 1.54) is 0 Å². The maximum absolute atomic E-state index is 10.7. The highest BCUT2D eigenvalue weighted by Crippen LogP contribution is 2.40. The van der Waals surface area contributed by atoms with Crippen LogP contribution in [0.5, 0.6) is 0 Å². The molecule has 1 aliphatic rings. The molecule has 6 heteroatoms. The number of aliphatic hydroxyl groups is 1. The van der Waals surface area contributed by atoms with Gasteiger partial charge in [-0.2, -0.15) is 11.8 Å². The van der Waals surface area contributed by atoms with E-state index in [-0.39, 0.29) is 0 Å². The van der Waals surface area contributed by atoms with Gasteiger partial charge in [0, 0.05) is 23.4 Å². The van der Waals surface area contributed by atoms with Crippen molar-refractivity contribution in [2.75, 3.05) is 18.8 Å². The van der Waals surface area contributed by atoms with Crippen LogP contribution >= 0.6 is 23.4 Å². The third kappa shape index (κ3) is 5.03. The topological polar surface area (TPSA) is 56.7 Å². The predicted molar refractivity (Wildman–Crippen MR) is 100 cm³/mol.